The van der Waals surface area contributed by atoms with Crippen molar-refractivity contribution in [2.75, 3.05) is 13.1 Å². The lowest BCUT2D eigenvalue weighted by atomic mass is 9.83. The molecule has 3 aromatic rings. The third-order valence-corrected chi connectivity index (χ3v) is 5.60. The molecule has 1 aromatic carbocycles. The molecule has 0 aliphatic carbocycles. The number of rotatable bonds is 2. The normalized spacial score (nSPS) is 18.1. The molecule has 138 valence electrons. The van der Waals surface area contributed by atoms with E-state index in [0.29, 0.717) is 30.3 Å². The number of carbonyl (C=O) groups is 1. The SMILES string of the molecule is O=C(c1cc(-c2ccco2)on1)N1CCC2(CCc3ccccc3O2)CC1. The smallest absolute Gasteiger partial charge is 0.276 e. The number of furan rings is 1. The Hall–Kier alpha value is -3.02. The zero-order valence-corrected chi connectivity index (χ0v) is 14.9. The molecule has 6 nitrogen and oxygen atoms in total. The molecule has 0 bridgehead atoms. The van der Waals surface area contributed by atoms with Crippen LogP contribution in [0.1, 0.15) is 35.3 Å². The summed E-state index contributed by atoms with van der Waals surface area (Å²) in [6.07, 6.45) is 5.25. The first-order valence-corrected chi connectivity index (χ1v) is 9.29. The largest absolute Gasteiger partial charge is 0.487 e. The third-order valence-electron chi connectivity index (χ3n) is 5.60. The number of likely N-dealkylation sites (tertiary alicyclic amines) is 1. The van der Waals surface area contributed by atoms with Crippen molar-refractivity contribution >= 4 is 5.91 Å². The van der Waals surface area contributed by atoms with Crippen molar-refractivity contribution in [3.05, 3.63) is 60.0 Å². The predicted molar refractivity (Wildman–Crippen MR) is 97.5 cm³/mol. The maximum absolute atomic E-state index is 12.8. The summed E-state index contributed by atoms with van der Waals surface area (Å²) in [7, 11) is 0. The van der Waals surface area contributed by atoms with E-state index in [2.05, 4.69) is 17.3 Å². The summed E-state index contributed by atoms with van der Waals surface area (Å²) in [6.45, 7) is 1.31. The molecule has 1 spiro atoms. The number of aromatic nitrogens is 1. The number of fused-ring (bicyclic) bond motifs is 1. The number of hydrogen-bond donors (Lipinski definition) is 0. The van der Waals surface area contributed by atoms with Gasteiger partial charge in [-0.15, -0.1) is 0 Å². The van der Waals surface area contributed by atoms with E-state index in [4.69, 9.17) is 13.7 Å². The van der Waals surface area contributed by atoms with Gasteiger partial charge in [-0.25, -0.2) is 0 Å². The van der Waals surface area contributed by atoms with Crippen molar-refractivity contribution in [3.63, 3.8) is 0 Å². The zero-order chi connectivity index (χ0) is 18.3. The highest BCUT2D eigenvalue weighted by Gasteiger charge is 2.40. The lowest BCUT2D eigenvalue weighted by Crippen LogP contribution is -2.51. The molecule has 0 saturated carbocycles. The van der Waals surface area contributed by atoms with E-state index in [1.54, 1.807) is 24.5 Å². The van der Waals surface area contributed by atoms with Crippen molar-refractivity contribution in [1.82, 2.24) is 10.1 Å². The molecule has 4 heterocycles. The maximum Gasteiger partial charge on any atom is 0.276 e. The first-order valence-electron chi connectivity index (χ1n) is 9.29. The minimum Gasteiger partial charge on any atom is -0.487 e. The number of benzene rings is 1. The van der Waals surface area contributed by atoms with E-state index in [1.165, 1.54) is 5.56 Å². The van der Waals surface area contributed by atoms with Crippen molar-refractivity contribution in [3.8, 4) is 17.3 Å². The van der Waals surface area contributed by atoms with Gasteiger partial charge in [0.1, 0.15) is 11.4 Å². The predicted octanol–water partition coefficient (Wildman–Crippen LogP) is 3.93. The quantitative estimate of drug-likeness (QED) is 0.689. The molecule has 1 amide bonds. The van der Waals surface area contributed by atoms with Gasteiger partial charge < -0.3 is 18.6 Å². The molecule has 0 N–H and O–H groups in total. The molecular weight excluding hydrogens is 344 g/mol. The Bertz CT molecular complexity index is 952. The molecule has 0 unspecified atom stereocenters. The number of amides is 1. The molecule has 0 radical (unpaired) electrons. The molecule has 0 atom stereocenters. The van der Waals surface area contributed by atoms with Crippen molar-refractivity contribution in [2.24, 2.45) is 0 Å². The minimum absolute atomic E-state index is 0.109. The number of carbonyl (C=O) groups excluding carboxylic acids is 1. The van der Waals surface area contributed by atoms with Gasteiger partial charge in [0.25, 0.3) is 5.91 Å². The third kappa shape index (κ3) is 2.91. The molecule has 2 aromatic heterocycles. The van der Waals surface area contributed by atoms with Crippen LogP contribution >= 0.6 is 0 Å². The van der Waals surface area contributed by atoms with Gasteiger partial charge in [0.05, 0.1) is 6.26 Å². The molecular formula is C21H20N2O4. The van der Waals surface area contributed by atoms with E-state index in [1.807, 2.05) is 17.0 Å². The summed E-state index contributed by atoms with van der Waals surface area (Å²) >= 11 is 0. The summed E-state index contributed by atoms with van der Waals surface area (Å²) in [5.41, 5.74) is 1.43. The van der Waals surface area contributed by atoms with Crippen LogP contribution in [0.15, 0.2) is 57.7 Å². The number of piperidine rings is 1. The maximum atomic E-state index is 12.8. The molecule has 6 heteroatoms. The number of hydrogen-bond acceptors (Lipinski definition) is 5. The van der Waals surface area contributed by atoms with Gasteiger partial charge in [-0.3, -0.25) is 4.79 Å². The van der Waals surface area contributed by atoms with Crippen LogP contribution in [0.2, 0.25) is 0 Å². The Morgan fingerprint density at radius 1 is 1.04 bits per heavy atom. The van der Waals surface area contributed by atoms with E-state index in [9.17, 15) is 4.79 Å². The highest BCUT2D eigenvalue weighted by Crippen LogP contribution is 2.39. The van der Waals surface area contributed by atoms with Crippen LogP contribution in [-0.2, 0) is 6.42 Å². The Labute approximate surface area is 156 Å². The van der Waals surface area contributed by atoms with Crippen molar-refractivity contribution in [2.45, 2.75) is 31.3 Å². The Morgan fingerprint density at radius 3 is 2.70 bits per heavy atom. The van der Waals surface area contributed by atoms with Gasteiger partial charge in [0.2, 0.25) is 5.76 Å². The fourth-order valence-electron chi connectivity index (χ4n) is 4.00. The van der Waals surface area contributed by atoms with Gasteiger partial charge in [-0.2, -0.15) is 0 Å². The number of para-hydroxylation sites is 1. The van der Waals surface area contributed by atoms with Crippen LogP contribution in [-0.4, -0.2) is 34.7 Å². The number of nitrogens with zero attached hydrogens (tertiary/aromatic N) is 2. The monoisotopic (exact) mass is 364 g/mol. The summed E-state index contributed by atoms with van der Waals surface area (Å²) in [5.74, 6) is 1.91. The van der Waals surface area contributed by atoms with Gasteiger partial charge in [0.15, 0.2) is 11.5 Å². The fraction of sp³-hybridized carbons (Fsp3) is 0.333. The average molecular weight is 364 g/mol. The van der Waals surface area contributed by atoms with E-state index in [-0.39, 0.29) is 11.5 Å². The number of ether oxygens (including phenoxy) is 1. The topological polar surface area (TPSA) is 68.7 Å². The van der Waals surface area contributed by atoms with Crippen LogP contribution < -0.4 is 4.74 Å². The fourth-order valence-corrected chi connectivity index (χ4v) is 4.00. The first-order chi connectivity index (χ1) is 13.2. The molecule has 2 aliphatic rings. The Balaban J connectivity index is 1.26. The Kier molecular flexibility index (Phi) is 3.77. The molecule has 1 saturated heterocycles. The van der Waals surface area contributed by atoms with Crippen molar-refractivity contribution < 1.29 is 18.5 Å². The highest BCUT2D eigenvalue weighted by atomic mass is 16.5. The molecule has 1 fully saturated rings. The van der Waals surface area contributed by atoms with E-state index < -0.39 is 0 Å². The van der Waals surface area contributed by atoms with Crippen LogP contribution in [0.3, 0.4) is 0 Å². The minimum atomic E-state index is -0.158. The number of aryl methyl sites for hydroxylation is 1. The summed E-state index contributed by atoms with van der Waals surface area (Å²) in [5, 5.41) is 3.92. The van der Waals surface area contributed by atoms with Gasteiger partial charge in [-0.1, -0.05) is 23.4 Å². The van der Waals surface area contributed by atoms with Crippen LogP contribution in [0.5, 0.6) is 5.75 Å². The lowest BCUT2D eigenvalue weighted by Gasteiger charge is -2.44. The Morgan fingerprint density at radius 2 is 1.89 bits per heavy atom. The second-order valence-electron chi connectivity index (χ2n) is 7.24. The second kappa shape index (κ2) is 6.30. The van der Waals surface area contributed by atoms with Gasteiger partial charge in [0, 0.05) is 32.0 Å². The zero-order valence-electron chi connectivity index (χ0n) is 14.9. The van der Waals surface area contributed by atoms with Crippen LogP contribution in [0, 0.1) is 0 Å². The summed E-state index contributed by atoms with van der Waals surface area (Å²) in [4.78, 5) is 14.6. The molecule has 5 rings (SSSR count). The second-order valence-corrected chi connectivity index (χ2v) is 7.24. The van der Waals surface area contributed by atoms with E-state index in [0.717, 1.165) is 31.4 Å². The van der Waals surface area contributed by atoms with Crippen LogP contribution in [0.4, 0.5) is 0 Å². The average Bonchev–Trinajstić information content (AvgIpc) is 3.40. The van der Waals surface area contributed by atoms with Crippen molar-refractivity contribution in [1.29, 1.82) is 0 Å². The van der Waals surface area contributed by atoms with Gasteiger partial charge in [-0.05, 0) is 36.6 Å². The summed E-state index contributed by atoms with van der Waals surface area (Å²) < 4.78 is 16.9. The van der Waals surface area contributed by atoms with Crippen LogP contribution in [0.25, 0.3) is 11.5 Å². The molecule has 2 aliphatic heterocycles. The summed E-state index contributed by atoms with van der Waals surface area (Å²) in [6, 6.07) is 13.4. The van der Waals surface area contributed by atoms with Gasteiger partial charge >= 0.3 is 0 Å². The van der Waals surface area contributed by atoms with E-state index >= 15 is 0 Å². The first kappa shape index (κ1) is 16.2. The highest BCUT2D eigenvalue weighted by molar-refractivity contribution is 5.93. The molecule has 27 heavy (non-hydrogen) atoms. The standard InChI is InChI=1S/C21H20N2O4/c24-20(16-14-19(27-22-16)18-6-3-13-25-18)23-11-9-21(10-12-23)8-7-15-4-1-2-5-17(15)26-21/h1-6,13-14H,7-12H2. The lowest BCUT2D eigenvalue weighted by molar-refractivity contribution is -0.0109.